The maximum atomic E-state index is 13.0. The van der Waals surface area contributed by atoms with E-state index in [9.17, 15) is 14.0 Å². The van der Waals surface area contributed by atoms with Crippen LogP contribution in [0.5, 0.6) is 0 Å². The Morgan fingerprint density at radius 1 is 1.19 bits per heavy atom. The van der Waals surface area contributed by atoms with Gasteiger partial charge in [0.2, 0.25) is 16.9 Å². The van der Waals surface area contributed by atoms with E-state index in [2.05, 4.69) is 34.6 Å². The highest BCUT2D eigenvalue weighted by Gasteiger charge is 2.34. The predicted octanol–water partition coefficient (Wildman–Crippen LogP) is 4.05. The number of rotatable bonds is 8. The van der Waals surface area contributed by atoms with Gasteiger partial charge in [-0.1, -0.05) is 60.7 Å². The molecule has 1 N–H and O–H groups in total. The third-order valence-corrected chi connectivity index (χ3v) is 6.58. The molecule has 2 atom stereocenters. The maximum absolute atomic E-state index is 13.0. The lowest BCUT2D eigenvalue weighted by Gasteiger charge is -2.16. The van der Waals surface area contributed by atoms with Crippen molar-refractivity contribution in [1.29, 1.82) is 0 Å². The number of aromatic nitrogens is 2. The zero-order valence-electron chi connectivity index (χ0n) is 17.8. The minimum atomic E-state index is -0.411. The van der Waals surface area contributed by atoms with Gasteiger partial charge in [0.15, 0.2) is 0 Å². The highest BCUT2D eigenvalue weighted by atomic mass is 32.1. The first-order valence-corrected chi connectivity index (χ1v) is 11.5. The summed E-state index contributed by atoms with van der Waals surface area (Å²) in [5.41, 5.74) is 2.19. The third-order valence-electron chi connectivity index (χ3n) is 5.72. The average molecular weight is 453 g/mol. The van der Waals surface area contributed by atoms with E-state index in [0.29, 0.717) is 30.6 Å². The predicted molar refractivity (Wildman–Crippen MR) is 122 cm³/mol. The van der Waals surface area contributed by atoms with Crippen LogP contribution < -0.4 is 5.32 Å². The summed E-state index contributed by atoms with van der Waals surface area (Å²) in [6, 6.07) is 16.5. The van der Waals surface area contributed by atoms with Gasteiger partial charge in [0.05, 0.1) is 5.92 Å². The second-order valence-electron chi connectivity index (χ2n) is 8.12. The van der Waals surface area contributed by atoms with Gasteiger partial charge in [0.25, 0.3) is 0 Å². The van der Waals surface area contributed by atoms with E-state index in [-0.39, 0.29) is 24.1 Å². The number of carbonyl (C=O) groups is 2. The van der Waals surface area contributed by atoms with Crippen LogP contribution in [0.25, 0.3) is 0 Å². The van der Waals surface area contributed by atoms with E-state index in [4.69, 9.17) is 0 Å². The summed E-state index contributed by atoms with van der Waals surface area (Å²) in [6.45, 7) is 3.02. The number of hydrogen-bond donors (Lipinski definition) is 1. The van der Waals surface area contributed by atoms with E-state index in [1.807, 2.05) is 18.2 Å². The molecule has 0 bridgehead atoms. The first-order chi connectivity index (χ1) is 15.5. The van der Waals surface area contributed by atoms with Crippen LogP contribution in [0.3, 0.4) is 0 Å². The van der Waals surface area contributed by atoms with Crippen molar-refractivity contribution in [2.24, 2.45) is 5.92 Å². The smallest absolute Gasteiger partial charge is 0.231 e. The molecule has 6 nitrogen and oxygen atoms in total. The summed E-state index contributed by atoms with van der Waals surface area (Å²) < 4.78 is 13.0. The van der Waals surface area contributed by atoms with Crippen molar-refractivity contribution in [3.63, 3.8) is 0 Å². The number of likely N-dealkylation sites (tertiary alicyclic amines) is 1. The van der Waals surface area contributed by atoms with Gasteiger partial charge in [-0.25, -0.2) is 4.39 Å². The van der Waals surface area contributed by atoms with Crippen LogP contribution >= 0.6 is 11.3 Å². The van der Waals surface area contributed by atoms with Crippen molar-refractivity contribution < 1.29 is 14.0 Å². The molecule has 4 rings (SSSR count). The Morgan fingerprint density at radius 3 is 2.69 bits per heavy atom. The van der Waals surface area contributed by atoms with Crippen molar-refractivity contribution in [3.8, 4) is 0 Å². The van der Waals surface area contributed by atoms with Crippen LogP contribution in [-0.2, 0) is 22.4 Å². The molecule has 3 aromatic rings. The van der Waals surface area contributed by atoms with E-state index >= 15 is 0 Å². The van der Waals surface area contributed by atoms with Gasteiger partial charge in [0, 0.05) is 25.9 Å². The second-order valence-corrected chi connectivity index (χ2v) is 9.19. The number of amides is 2. The van der Waals surface area contributed by atoms with Crippen LogP contribution in [0.15, 0.2) is 54.6 Å². The van der Waals surface area contributed by atoms with Gasteiger partial charge >= 0.3 is 0 Å². The summed E-state index contributed by atoms with van der Waals surface area (Å²) in [5.74, 6) is -0.637. The Bertz CT molecular complexity index is 1070. The number of benzene rings is 2. The molecule has 1 aliphatic rings. The number of halogens is 1. The summed E-state index contributed by atoms with van der Waals surface area (Å²) in [6.07, 6.45) is 1.56. The molecule has 0 saturated carbocycles. The zero-order chi connectivity index (χ0) is 22.5. The fourth-order valence-electron chi connectivity index (χ4n) is 3.83. The summed E-state index contributed by atoms with van der Waals surface area (Å²) in [7, 11) is 0. The number of hydrogen-bond acceptors (Lipinski definition) is 5. The average Bonchev–Trinajstić information content (AvgIpc) is 3.40. The molecular formula is C24H25FN4O2S. The van der Waals surface area contributed by atoms with Crippen molar-refractivity contribution in [1.82, 2.24) is 15.1 Å². The van der Waals surface area contributed by atoms with Crippen LogP contribution in [0.2, 0.25) is 0 Å². The van der Waals surface area contributed by atoms with Crippen LogP contribution in [0.4, 0.5) is 9.52 Å². The minimum Gasteiger partial charge on any atom is -0.342 e. The first kappa shape index (κ1) is 22.1. The van der Waals surface area contributed by atoms with Gasteiger partial charge in [-0.3, -0.25) is 9.59 Å². The van der Waals surface area contributed by atoms with Crippen LogP contribution in [0, 0.1) is 11.7 Å². The van der Waals surface area contributed by atoms with Gasteiger partial charge in [0.1, 0.15) is 10.8 Å². The first-order valence-electron chi connectivity index (χ1n) is 10.7. The second kappa shape index (κ2) is 9.99. The Balaban J connectivity index is 1.28. The normalized spacial score (nSPS) is 16.9. The highest BCUT2D eigenvalue weighted by Crippen LogP contribution is 2.25. The molecule has 32 heavy (non-hydrogen) atoms. The Hall–Kier alpha value is -3.13. The van der Waals surface area contributed by atoms with Crippen molar-refractivity contribution in [2.75, 3.05) is 18.4 Å². The van der Waals surface area contributed by atoms with Crippen molar-refractivity contribution in [3.05, 3.63) is 76.5 Å². The topological polar surface area (TPSA) is 75.2 Å². The fourth-order valence-corrected chi connectivity index (χ4v) is 4.71. The van der Waals surface area contributed by atoms with Gasteiger partial charge in [-0.2, -0.15) is 0 Å². The van der Waals surface area contributed by atoms with E-state index in [0.717, 1.165) is 17.0 Å². The van der Waals surface area contributed by atoms with E-state index < -0.39 is 5.92 Å². The molecular weight excluding hydrogens is 427 g/mol. The quantitative estimate of drug-likeness (QED) is 0.559. The summed E-state index contributed by atoms with van der Waals surface area (Å²) in [5, 5.41) is 12.5. The monoisotopic (exact) mass is 452 g/mol. The summed E-state index contributed by atoms with van der Waals surface area (Å²) >= 11 is 1.37. The molecule has 0 unspecified atom stereocenters. The Morgan fingerprint density at radius 2 is 1.94 bits per heavy atom. The lowest BCUT2D eigenvalue weighted by molar-refractivity contribution is -0.128. The largest absolute Gasteiger partial charge is 0.342 e. The number of nitrogens with one attached hydrogen (secondary N) is 1. The molecule has 166 valence electrons. The fraction of sp³-hybridized carbons (Fsp3) is 0.333. The lowest BCUT2D eigenvalue weighted by Crippen LogP contribution is -2.30. The number of carbonyl (C=O) groups excluding carboxylic acids is 2. The lowest BCUT2D eigenvalue weighted by atomic mass is 9.98. The van der Waals surface area contributed by atoms with E-state index in [1.54, 1.807) is 17.0 Å². The zero-order valence-corrected chi connectivity index (χ0v) is 18.6. The molecule has 2 amide bonds. The van der Waals surface area contributed by atoms with E-state index in [1.165, 1.54) is 29.0 Å². The molecule has 2 aromatic carbocycles. The molecule has 0 aliphatic carbocycles. The SMILES string of the molecule is C[C@@H](Cc1nnc(NC(=O)[C@H]2CC(=O)N(CCc3ccc(F)cc3)C2)s1)c1ccccc1. The Labute approximate surface area is 190 Å². The molecule has 0 radical (unpaired) electrons. The highest BCUT2D eigenvalue weighted by molar-refractivity contribution is 7.15. The van der Waals surface area contributed by atoms with Crippen molar-refractivity contribution in [2.45, 2.75) is 32.1 Å². The molecule has 0 spiro atoms. The molecule has 1 aliphatic heterocycles. The summed E-state index contributed by atoms with van der Waals surface area (Å²) in [4.78, 5) is 26.7. The standard InChI is InChI=1S/C24H25FN4O2S/c1-16(18-5-3-2-4-6-18)13-21-27-28-24(32-21)26-23(31)19-14-22(30)29(15-19)12-11-17-7-9-20(25)10-8-17/h2-10,16,19H,11-15H2,1H3,(H,26,28,31)/t16-,19-/m0/s1. The van der Waals surface area contributed by atoms with Crippen LogP contribution in [-0.4, -0.2) is 40.0 Å². The third kappa shape index (κ3) is 5.56. The van der Waals surface area contributed by atoms with Crippen LogP contribution in [0.1, 0.15) is 35.4 Å². The van der Waals surface area contributed by atoms with Gasteiger partial charge < -0.3 is 10.2 Å². The van der Waals surface area contributed by atoms with Gasteiger partial charge in [-0.05, 0) is 35.6 Å². The van der Waals surface area contributed by atoms with Gasteiger partial charge in [-0.15, -0.1) is 10.2 Å². The molecule has 1 fully saturated rings. The maximum Gasteiger partial charge on any atom is 0.231 e. The minimum absolute atomic E-state index is 0.0399. The number of anilines is 1. The number of nitrogens with zero attached hydrogens (tertiary/aromatic N) is 3. The molecule has 2 heterocycles. The molecule has 1 aromatic heterocycles. The molecule has 8 heteroatoms. The van der Waals surface area contributed by atoms with Crippen molar-refractivity contribution >= 4 is 28.3 Å². The molecule has 1 saturated heterocycles. The Kier molecular flexibility index (Phi) is 6.90.